The van der Waals surface area contributed by atoms with Crippen LogP contribution in [0.2, 0.25) is 0 Å². The maximum atomic E-state index is 12.5. The summed E-state index contributed by atoms with van der Waals surface area (Å²) >= 11 is 0. The van der Waals surface area contributed by atoms with Gasteiger partial charge in [-0.2, -0.15) is 19.8 Å². The fourth-order valence-electron chi connectivity index (χ4n) is 4.33. The molecule has 1 aromatic heterocycles. The molecule has 1 aliphatic rings. The Morgan fingerprint density at radius 2 is 1.68 bits per heavy atom. The van der Waals surface area contributed by atoms with Crippen molar-refractivity contribution in [1.82, 2.24) is 14.3 Å². The summed E-state index contributed by atoms with van der Waals surface area (Å²) in [4.78, 5) is 10.7. The van der Waals surface area contributed by atoms with Crippen LogP contribution in [0.25, 0.3) is 0 Å². The van der Waals surface area contributed by atoms with E-state index in [0.29, 0.717) is 60.6 Å². The molecule has 10 nitrogen and oxygen atoms in total. The second kappa shape index (κ2) is 11.1. The number of nitrogens with one attached hydrogen (secondary N) is 1. The molecule has 1 saturated heterocycles. The van der Waals surface area contributed by atoms with Gasteiger partial charge >= 0.3 is 0 Å². The lowest BCUT2D eigenvalue weighted by Crippen LogP contribution is -2.50. The molecular formula is C27H29N7O3S. The number of aryl methyl sites for hydroxylation is 2. The minimum absolute atomic E-state index is 0.301. The lowest BCUT2D eigenvalue weighted by molar-refractivity contribution is 0.381. The molecule has 1 fully saturated rings. The van der Waals surface area contributed by atoms with Crippen LogP contribution < -0.4 is 15.0 Å². The smallest absolute Gasteiger partial charge is 0.230 e. The largest absolute Gasteiger partial charge is 0.438 e. The van der Waals surface area contributed by atoms with Crippen LogP contribution in [0.5, 0.6) is 11.6 Å². The van der Waals surface area contributed by atoms with Gasteiger partial charge in [-0.3, -0.25) is 0 Å². The number of nitrogens with zero attached hydrogens (tertiary/aromatic N) is 6. The van der Waals surface area contributed by atoms with Crippen LogP contribution >= 0.6 is 0 Å². The van der Waals surface area contributed by atoms with E-state index < -0.39 is 15.3 Å². The van der Waals surface area contributed by atoms with Gasteiger partial charge in [-0.25, -0.2) is 13.4 Å². The summed E-state index contributed by atoms with van der Waals surface area (Å²) in [5, 5.41) is 21.6. The number of hydrogen-bond donors (Lipinski definition) is 1. The Kier molecular flexibility index (Phi) is 7.81. The third kappa shape index (κ3) is 5.70. The van der Waals surface area contributed by atoms with Crippen molar-refractivity contribution in [3.05, 3.63) is 64.8 Å². The summed E-state index contributed by atoms with van der Waals surface area (Å²) < 4.78 is 32.5. The Labute approximate surface area is 223 Å². The maximum absolute atomic E-state index is 12.5. The SMILES string of the molecule is Cc1cc(C#N)cc(C)c1Oc1ccnc(Nc2ccc(N3CCN(S(=O)(=O)C(C)C)CC3)c(C#N)c2)n1. The normalized spacial score (nSPS) is 14.1. The molecule has 4 rings (SSSR count). The van der Waals surface area contributed by atoms with E-state index in [1.165, 1.54) is 4.31 Å². The minimum Gasteiger partial charge on any atom is -0.438 e. The Balaban J connectivity index is 1.48. The number of piperazine rings is 1. The first-order chi connectivity index (χ1) is 18.1. The summed E-state index contributed by atoms with van der Waals surface area (Å²) in [6.07, 6.45) is 1.57. The highest BCUT2D eigenvalue weighted by atomic mass is 32.2. The summed E-state index contributed by atoms with van der Waals surface area (Å²) in [5.74, 6) is 1.27. The fraction of sp³-hybridized carbons (Fsp3) is 0.333. The van der Waals surface area contributed by atoms with Gasteiger partial charge in [-0.15, -0.1) is 0 Å². The highest BCUT2D eigenvalue weighted by Gasteiger charge is 2.30. The molecule has 0 saturated carbocycles. The van der Waals surface area contributed by atoms with Crippen molar-refractivity contribution in [2.45, 2.75) is 32.9 Å². The van der Waals surface area contributed by atoms with E-state index >= 15 is 0 Å². The number of nitriles is 2. The molecule has 0 atom stereocenters. The third-order valence-corrected chi connectivity index (χ3v) is 8.61. The van der Waals surface area contributed by atoms with E-state index in [-0.39, 0.29) is 0 Å². The molecule has 1 N–H and O–H groups in total. The Morgan fingerprint density at radius 3 is 2.29 bits per heavy atom. The van der Waals surface area contributed by atoms with Gasteiger partial charge in [0.1, 0.15) is 11.8 Å². The van der Waals surface area contributed by atoms with Crippen molar-refractivity contribution in [2.75, 3.05) is 36.4 Å². The number of aromatic nitrogens is 2. The molecule has 38 heavy (non-hydrogen) atoms. The van der Waals surface area contributed by atoms with Crippen LogP contribution in [0.4, 0.5) is 17.3 Å². The first kappa shape index (κ1) is 26.9. The molecule has 0 bridgehead atoms. The maximum Gasteiger partial charge on any atom is 0.230 e. The average molecular weight is 532 g/mol. The van der Waals surface area contributed by atoms with Crippen LogP contribution in [0.3, 0.4) is 0 Å². The van der Waals surface area contributed by atoms with E-state index in [2.05, 4.69) is 27.4 Å². The van der Waals surface area contributed by atoms with Crippen molar-refractivity contribution in [2.24, 2.45) is 0 Å². The summed E-state index contributed by atoms with van der Waals surface area (Å²) in [5.41, 5.74) is 4.07. The number of benzene rings is 2. The lowest BCUT2D eigenvalue weighted by atomic mass is 10.1. The lowest BCUT2D eigenvalue weighted by Gasteiger charge is -2.36. The van der Waals surface area contributed by atoms with Crippen molar-refractivity contribution >= 4 is 27.3 Å². The minimum atomic E-state index is -3.30. The van der Waals surface area contributed by atoms with Crippen molar-refractivity contribution in [1.29, 1.82) is 10.5 Å². The highest BCUT2D eigenvalue weighted by molar-refractivity contribution is 7.89. The summed E-state index contributed by atoms with van der Waals surface area (Å²) in [7, 11) is -3.30. The molecule has 0 spiro atoms. The quantitative estimate of drug-likeness (QED) is 0.475. The number of rotatable bonds is 7. The van der Waals surface area contributed by atoms with Crippen LogP contribution in [-0.4, -0.2) is 54.1 Å². The zero-order valence-corrected chi connectivity index (χ0v) is 22.6. The molecule has 196 valence electrons. The Morgan fingerprint density at radius 1 is 1.00 bits per heavy atom. The summed E-state index contributed by atoms with van der Waals surface area (Å²) in [6.45, 7) is 8.88. The van der Waals surface area contributed by atoms with Gasteiger partial charge in [0.05, 0.1) is 28.1 Å². The molecule has 0 unspecified atom stereocenters. The van der Waals surface area contributed by atoms with Crippen LogP contribution in [0.15, 0.2) is 42.6 Å². The molecule has 0 aliphatic carbocycles. The van der Waals surface area contributed by atoms with Gasteiger partial charge in [-0.1, -0.05) is 0 Å². The molecule has 0 amide bonds. The van der Waals surface area contributed by atoms with E-state index in [1.807, 2.05) is 30.9 Å². The van der Waals surface area contributed by atoms with Crippen molar-refractivity contribution in [3.63, 3.8) is 0 Å². The number of hydrogen-bond acceptors (Lipinski definition) is 9. The number of anilines is 3. The van der Waals surface area contributed by atoms with E-state index in [0.717, 1.165) is 16.8 Å². The number of ether oxygens (including phenoxy) is 1. The average Bonchev–Trinajstić information content (AvgIpc) is 2.90. The van der Waals surface area contributed by atoms with Gasteiger partial charge in [0.25, 0.3) is 0 Å². The second-order valence-electron chi connectivity index (χ2n) is 9.32. The zero-order valence-electron chi connectivity index (χ0n) is 21.8. The molecule has 2 heterocycles. The van der Waals surface area contributed by atoms with E-state index in [1.54, 1.807) is 44.3 Å². The number of sulfonamides is 1. The van der Waals surface area contributed by atoms with Crippen molar-refractivity contribution in [3.8, 4) is 23.8 Å². The second-order valence-corrected chi connectivity index (χ2v) is 11.8. The topological polar surface area (TPSA) is 135 Å². The first-order valence-electron chi connectivity index (χ1n) is 12.2. The van der Waals surface area contributed by atoms with Gasteiger partial charge in [0.15, 0.2) is 0 Å². The molecule has 3 aromatic rings. The highest BCUT2D eigenvalue weighted by Crippen LogP contribution is 2.30. The van der Waals surface area contributed by atoms with E-state index in [4.69, 9.17) is 10.00 Å². The molecule has 2 aromatic carbocycles. The molecule has 0 radical (unpaired) electrons. The van der Waals surface area contributed by atoms with E-state index in [9.17, 15) is 13.7 Å². The fourth-order valence-corrected chi connectivity index (χ4v) is 5.60. The zero-order chi connectivity index (χ0) is 27.4. The standard InChI is InChI=1S/C27H29N7O3S/c1-18(2)38(35,36)34-11-9-33(10-12-34)24-6-5-23(15-22(24)17-29)31-27-30-8-7-25(32-27)37-26-19(3)13-21(16-28)14-20(26)4/h5-8,13-15,18H,9-12H2,1-4H3,(H,30,31,32). The van der Waals surface area contributed by atoms with Gasteiger partial charge < -0.3 is 15.0 Å². The Hall–Kier alpha value is -4.19. The van der Waals surface area contributed by atoms with Gasteiger partial charge in [0.2, 0.25) is 21.9 Å². The predicted molar refractivity (Wildman–Crippen MR) is 145 cm³/mol. The van der Waals surface area contributed by atoms with Crippen LogP contribution in [0.1, 0.15) is 36.1 Å². The van der Waals surface area contributed by atoms with Crippen LogP contribution in [0, 0.1) is 36.5 Å². The predicted octanol–water partition coefficient (Wildman–Crippen LogP) is 4.23. The van der Waals surface area contributed by atoms with Crippen LogP contribution in [-0.2, 0) is 10.0 Å². The first-order valence-corrected chi connectivity index (χ1v) is 13.7. The third-order valence-electron chi connectivity index (χ3n) is 6.33. The molecule has 1 aliphatic heterocycles. The van der Waals surface area contributed by atoms with Crippen molar-refractivity contribution < 1.29 is 13.2 Å². The molecule has 11 heteroatoms. The van der Waals surface area contributed by atoms with Gasteiger partial charge in [-0.05, 0) is 69.2 Å². The monoisotopic (exact) mass is 531 g/mol. The molecular weight excluding hydrogens is 502 g/mol. The van der Waals surface area contributed by atoms with Gasteiger partial charge in [0, 0.05) is 44.1 Å². The Bertz CT molecular complexity index is 1510. The summed E-state index contributed by atoms with van der Waals surface area (Å²) in [6, 6.07) is 14.9.